The third kappa shape index (κ3) is 3.69. The molecule has 0 saturated heterocycles. The van der Waals surface area contributed by atoms with E-state index in [1.54, 1.807) is 6.20 Å². The van der Waals surface area contributed by atoms with Crippen LogP contribution in [0.15, 0.2) is 66.9 Å². The summed E-state index contributed by atoms with van der Waals surface area (Å²) in [6, 6.07) is 19.7. The predicted octanol–water partition coefficient (Wildman–Crippen LogP) is 4.30. The van der Waals surface area contributed by atoms with E-state index >= 15 is 0 Å². The minimum Gasteiger partial charge on any atom is -0.348 e. The van der Waals surface area contributed by atoms with E-state index in [1.807, 2.05) is 55.5 Å². The van der Waals surface area contributed by atoms with Crippen LogP contribution in [0, 0.1) is 13.8 Å². The van der Waals surface area contributed by atoms with Gasteiger partial charge in [0.05, 0.1) is 5.69 Å². The first-order valence-electron chi connectivity index (χ1n) is 7.99. The molecular weight excluding hydrogens is 296 g/mol. The van der Waals surface area contributed by atoms with E-state index in [1.165, 1.54) is 5.56 Å². The van der Waals surface area contributed by atoms with Crippen LogP contribution in [0.2, 0.25) is 0 Å². The summed E-state index contributed by atoms with van der Waals surface area (Å²) in [6.45, 7) is 4.51. The third-order valence-corrected chi connectivity index (χ3v) is 3.94. The van der Waals surface area contributed by atoms with Gasteiger partial charge in [-0.1, -0.05) is 47.5 Å². The quantitative estimate of drug-likeness (QED) is 0.780. The van der Waals surface area contributed by atoms with Crippen molar-refractivity contribution in [1.29, 1.82) is 0 Å². The zero-order valence-corrected chi connectivity index (χ0v) is 13.9. The first kappa shape index (κ1) is 15.9. The van der Waals surface area contributed by atoms with Gasteiger partial charge in [-0.25, -0.2) is 0 Å². The normalized spacial score (nSPS) is 10.4. The molecule has 3 rings (SSSR count). The van der Waals surface area contributed by atoms with Gasteiger partial charge in [0.15, 0.2) is 0 Å². The molecule has 3 nitrogen and oxygen atoms in total. The summed E-state index contributed by atoms with van der Waals surface area (Å²) in [4.78, 5) is 16.8. The summed E-state index contributed by atoms with van der Waals surface area (Å²) >= 11 is 0. The Morgan fingerprint density at radius 2 is 1.75 bits per heavy atom. The smallest absolute Gasteiger partial charge is 0.251 e. The first-order valence-corrected chi connectivity index (χ1v) is 7.99. The Kier molecular flexibility index (Phi) is 4.71. The maximum Gasteiger partial charge on any atom is 0.251 e. The monoisotopic (exact) mass is 316 g/mol. The highest BCUT2D eigenvalue weighted by Crippen LogP contribution is 2.22. The van der Waals surface area contributed by atoms with Gasteiger partial charge in [0.25, 0.3) is 5.91 Å². The zero-order valence-electron chi connectivity index (χ0n) is 13.9. The Balaban J connectivity index is 1.78. The molecule has 0 aliphatic carbocycles. The molecule has 0 atom stereocenters. The van der Waals surface area contributed by atoms with Gasteiger partial charge < -0.3 is 5.32 Å². The van der Waals surface area contributed by atoms with Crippen molar-refractivity contribution in [2.24, 2.45) is 0 Å². The Morgan fingerprint density at radius 1 is 0.958 bits per heavy atom. The van der Waals surface area contributed by atoms with Gasteiger partial charge in [-0.3, -0.25) is 9.78 Å². The molecule has 0 aliphatic heterocycles. The van der Waals surface area contributed by atoms with Crippen molar-refractivity contribution < 1.29 is 4.79 Å². The molecule has 0 saturated carbocycles. The summed E-state index contributed by atoms with van der Waals surface area (Å²) in [5.74, 6) is -0.0750. The molecule has 1 N–H and O–H groups in total. The Labute approximate surface area is 142 Å². The molecule has 0 unspecified atom stereocenters. The SMILES string of the molecule is Cc1ccc(C(=O)NCc2cccnc2-c2cccc(C)c2)cc1. The minimum absolute atomic E-state index is 0.0750. The molecule has 0 spiro atoms. The number of amides is 1. The Hall–Kier alpha value is -2.94. The predicted molar refractivity (Wildman–Crippen MR) is 96.8 cm³/mol. The summed E-state index contributed by atoms with van der Waals surface area (Å²) in [5.41, 5.74) is 5.97. The maximum absolute atomic E-state index is 12.3. The molecule has 24 heavy (non-hydrogen) atoms. The standard InChI is InChI=1S/C21H20N2O/c1-15-8-10-17(11-9-15)21(24)23-14-19-7-4-12-22-20(19)18-6-3-5-16(2)13-18/h3-13H,14H2,1-2H3,(H,23,24). The van der Waals surface area contributed by atoms with Gasteiger partial charge in [0, 0.05) is 23.9 Å². The topological polar surface area (TPSA) is 42.0 Å². The number of carbonyl (C=O) groups excluding carboxylic acids is 1. The van der Waals surface area contributed by atoms with Gasteiger partial charge >= 0.3 is 0 Å². The Bertz CT molecular complexity index is 854. The molecule has 0 aliphatic rings. The number of rotatable bonds is 4. The number of benzene rings is 2. The molecule has 0 fully saturated rings. The highest BCUT2D eigenvalue weighted by Gasteiger charge is 2.09. The fourth-order valence-corrected chi connectivity index (χ4v) is 2.62. The highest BCUT2D eigenvalue weighted by molar-refractivity contribution is 5.94. The number of pyridine rings is 1. The molecule has 1 amide bonds. The van der Waals surface area contributed by atoms with Crippen molar-refractivity contribution in [3.8, 4) is 11.3 Å². The second kappa shape index (κ2) is 7.09. The van der Waals surface area contributed by atoms with E-state index in [2.05, 4.69) is 29.4 Å². The van der Waals surface area contributed by atoms with Crippen LogP contribution in [0.3, 0.4) is 0 Å². The average Bonchev–Trinajstić information content (AvgIpc) is 2.60. The van der Waals surface area contributed by atoms with Crippen molar-refractivity contribution >= 4 is 5.91 Å². The van der Waals surface area contributed by atoms with Gasteiger partial charge in [-0.05, 0) is 43.7 Å². The first-order chi connectivity index (χ1) is 11.6. The lowest BCUT2D eigenvalue weighted by Gasteiger charge is -2.11. The van der Waals surface area contributed by atoms with Crippen LogP contribution in [0.25, 0.3) is 11.3 Å². The fourth-order valence-electron chi connectivity index (χ4n) is 2.62. The van der Waals surface area contributed by atoms with Crippen molar-refractivity contribution in [2.75, 3.05) is 0 Å². The molecule has 0 bridgehead atoms. The molecule has 0 radical (unpaired) electrons. The molecule has 3 heteroatoms. The van der Waals surface area contributed by atoms with E-state index in [0.29, 0.717) is 12.1 Å². The lowest BCUT2D eigenvalue weighted by molar-refractivity contribution is 0.0951. The second-order valence-corrected chi connectivity index (χ2v) is 5.93. The largest absolute Gasteiger partial charge is 0.348 e. The fraction of sp³-hybridized carbons (Fsp3) is 0.143. The van der Waals surface area contributed by atoms with E-state index in [4.69, 9.17) is 0 Å². The number of nitrogens with zero attached hydrogens (tertiary/aromatic N) is 1. The van der Waals surface area contributed by atoms with Crippen molar-refractivity contribution in [3.63, 3.8) is 0 Å². The molecular formula is C21H20N2O. The lowest BCUT2D eigenvalue weighted by atomic mass is 10.0. The van der Waals surface area contributed by atoms with Crippen LogP contribution >= 0.6 is 0 Å². The van der Waals surface area contributed by atoms with E-state index < -0.39 is 0 Å². The minimum atomic E-state index is -0.0750. The van der Waals surface area contributed by atoms with Gasteiger partial charge in [0.1, 0.15) is 0 Å². The van der Waals surface area contributed by atoms with Gasteiger partial charge in [0.2, 0.25) is 0 Å². The van der Waals surface area contributed by atoms with Crippen molar-refractivity contribution in [2.45, 2.75) is 20.4 Å². The number of hydrogen-bond acceptors (Lipinski definition) is 2. The molecule has 2 aromatic carbocycles. The van der Waals surface area contributed by atoms with Crippen LogP contribution in [0.1, 0.15) is 27.0 Å². The van der Waals surface area contributed by atoms with Gasteiger partial charge in [-0.2, -0.15) is 0 Å². The van der Waals surface area contributed by atoms with Crippen molar-refractivity contribution in [3.05, 3.63) is 89.1 Å². The number of nitrogens with one attached hydrogen (secondary N) is 1. The summed E-state index contributed by atoms with van der Waals surface area (Å²) in [6.07, 6.45) is 1.78. The molecule has 1 aromatic heterocycles. The maximum atomic E-state index is 12.3. The van der Waals surface area contributed by atoms with Gasteiger partial charge in [-0.15, -0.1) is 0 Å². The molecule has 120 valence electrons. The number of aromatic nitrogens is 1. The molecule has 3 aromatic rings. The van der Waals surface area contributed by atoms with Crippen LogP contribution < -0.4 is 5.32 Å². The summed E-state index contributed by atoms with van der Waals surface area (Å²) in [5, 5.41) is 2.98. The Morgan fingerprint density at radius 3 is 2.50 bits per heavy atom. The second-order valence-electron chi connectivity index (χ2n) is 5.93. The van der Waals surface area contributed by atoms with Crippen LogP contribution in [0.5, 0.6) is 0 Å². The van der Waals surface area contributed by atoms with E-state index in [-0.39, 0.29) is 5.91 Å². The van der Waals surface area contributed by atoms with Crippen LogP contribution in [-0.2, 0) is 6.54 Å². The third-order valence-electron chi connectivity index (χ3n) is 3.94. The number of carbonyl (C=O) groups is 1. The zero-order chi connectivity index (χ0) is 16.9. The molecule has 1 heterocycles. The van der Waals surface area contributed by atoms with E-state index in [9.17, 15) is 4.79 Å². The number of aryl methyl sites for hydroxylation is 2. The van der Waals surface area contributed by atoms with E-state index in [0.717, 1.165) is 22.4 Å². The lowest BCUT2D eigenvalue weighted by Crippen LogP contribution is -2.23. The van der Waals surface area contributed by atoms with Crippen LogP contribution in [-0.4, -0.2) is 10.9 Å². The van der Waals surface area contributed by atoms with Crippen molar-refractivity contribution in [1.82, 2.24) is 10.3 Å². The summed E-state index contributed by atoms with van der Waals surface area (Å²) in [7, 11) is 0. The summed E-state index contributed by atoms with van der Waals surface area (Å²) < 4.78 is 0. The average molecular weight is 316 g/mol. The highest BCUT2D eigenvalue weighted by atomic mass is 16.1. The number of hydrogen-bond donors (Lipinski definition) is 1. The van der Waals surface area contributed by atoms with Crippen LogP contribution in [0.4, 0.5) is 0 Å².